The van der Waals surface area contributed by atoms with Crippen LogP contribution in [0.15, 0.2) is 30.3 Å². The Morgan fingerprint density at radius 3 is 2.50 bits per heavy atom. The van der Waals surface area contributed by atoms with Gasteiger partial charge in [0, 0.05) is 13.5 Å². The summed E-state index contributed by atoms with van der Waals surface area (Å²) in [6, 6.07) is 8.30. The lowest BCUT2D eigenvalue weighted by Gasteiger charge is -2.19. The van der Waals surface area contributed by atoms with Gasteiger partial charge in [-0.1, -0.05) is 30.3 Å². The Hall–Kier alpha value is -2.41. The quantitative estimate of drug-likeness (QED) is 0.672. The predicted molar refractivity (Wildman–Crippen MR) is 78.7 cm³/mol. The fraction of sp³-hybridized carbons (Fsp3) is 0.400. The number of hydrogen-bond donors (Lipinski definition) is 2. The first-order valence-electron chi connectivity index (χ1n) is 6.82. The monoisotopic (exact) mass is 308 g/mol. The van der Waals surface area contributed by atoms with E-state index in [1.165, 1.54) is 7.05 Å². The van der Waals surface area contributed by atoms with E-state index in [-0.39, 0.29) is 19.4 Å². The van der Waals surface area contributed by atoms with Crippen LogP contribution in [-0.2, 0) is 25.7 Å². The number of carboxylic acid groups (broad SMARTS) is 1. The molecule has 0 saturated carbocycles. The van der Waals surface area contributed by atoms with E-state index in [1.54, 1.807) is 0 Å². The number of esters is 1. The molecule has 0 aliphatic carbocycles. The van der Waals surface area contributed by atoms with Gasteiger partial charge >= 0.3 is 11.9 Å². The van der Waals surface area contributed by atoms with Crippen LogP contribution in [0.25, 0.3) is 0 Å². The van der Waals surface area contributed by atoms with Crippen molar-refractivity contribution in [2.24, 2.45) is 5.73 Å². The first-order chi connectivity index (χ1) is 10.4. The smallest absolute Gasteiger partial charge is 0.323 e. The molecule has 0 aromatic heterocycles. The molecule has 0 aliphatic rings. The van der Waals surface area contributed by atoms with Crippen LogP contribution in [0.1, 0.15) is 18.4 Å². The second kappa shape index (κ2) is 8.78. The van der Waals surface area contributed by atoms with Gasteiger partial charge in [0.2, 0.25) is 5.91 Å². The second-order valence-electron chi connectivity index (χ2n) is 4.88. The van der Waals surface area contributed by atoms with Crippen molar-refractivity contribution < 1.29 is 24.2 Å². The Morgan fingerprint density at radius 2 is 1.91 bits per heavy atom. The van der Waals surface area contributed by atoms with Gasteiger partial charge in [0.15, 0.2) is 0 Å². The molecule has 1 atom stereocenters. The zero-order chi connectivity index (χ0) is 16.5. The van der Waals surface area contributed by atoms with Crippen LogP contribution in [0.4, 0.5) is 0 Å². The van der Waals surface area contributed by atoms with Gasteiger partial charge in [-0.2, -0.15) is 0 Å². The summed E-state index contributed by atoms with van der Waals surface area (Å²) in [5.41, 5.74) is 6.53. The summed E-state index contributed by atoms with van der Waals surface area (Å²) in [5, 5.41) is 8.60. The summed E-state index contributed by atoms with van der Waals surface area (Å²) >= 11 is 0. The van der Waals surface area contributed by atoms with Gasteiger partial charge in [-0.05, 0) is 12.0 Å². The Labute approximate surface area is 128 Å². The average molecular weight is 308 g/mol. The third kappa shape index (κ3) is 6.36. The van der Waals surface area contributed by atoms with Crippen LogP contribution in [0.5, 0.6) is 0 Å². The third-order valence-electron chi connectivity index (χ3n) is 2.97. The van der Waals surface area contributed by atoms with E-state index in [9.17, 15) is 14.4 Å². The van der Waals surface area contributed by atoms with Gasteiger partial charge in [0.1, 0.15) is 13.2 Å². The van der Waals surface area contributed by atoms with Gasteiger partial charge < -0.3 is 20.5 Å². The molecule has 1 unspecified atom stereocenters. The fourth-order valence-corrected chi connectivity index (χ4v) is 1.77. The van der Waals surface area contributed by atoms with Crippen molar-refractivity contribution in [1.29, 1.82) is 0 Å². The Morgan fingerprint density at radius 1 is 1.27 bits per heavy atom. The van der Waals surface area contributed by atoms with E-state index < -0.39 is 30.4 Å². The average Bonchev–Trinajstić information content (AvgIpc) is 2.50. The van der Waals surface area contributed by atoms with Crippen LogP contribution in [0.2, 0.25) is 0 Å². The lowest BCUT2D eigenvalue weighted by Crippen LogP contribution is -2.44. The van der Waals surface area contributed by atoms with Crippen molar-refractivity contribution in [2.75, 3.05) is 13.6 Å². The van der Waals surface area contributed by atoms with Gasteiger partial charge in [-0.15, -0.1) is 0 Å². The molecule has 0 aliphatic heterocycles. The minimum absolute atomic E-state index is 0.000646. The highest BCUT2D eigenvalue weighted by Gasteiger charge is 2.20. The van der Waals surface area contributed by atoms with Crippen LogP contribution >= 0.6 is 0 Å². The van der Waals surface area contributed by atoms with Gasteiger partial charge in [-0.3, -0.25) is 14.4 Å². The number of aliphatic carboxylic acids is 1. The maximum absolute atomic E-state index is 11.8. The van der Waals surface area contributed by atoms with E-state index in [1.807, 2.05) is 30.3 Å². The van der Waals surface area contributed by atoms with E-state index in [2.05, 4.69) is 0 Å². The summed E-state index contributed by atoms with van der Waals surface area (Å²) in [4.78, 5) is 34.9. The molecule has 120 valence electrons. The summed E-state index contributed by atoms with van der Waals surface area (Å²) in [6.07, 6.45) is 0.108. The van der Waals surface area contributed by atoms with Crippen LogP contribution in [-0.4, -0.2) is 47.5 Å². The summed E-state index contributed by atoms with van der Waals surface area (Å²) in [6.45, 7) is -0.257. The SMILES string of the molecule is CN(CC(=O)O)C(=O)C(N)CCC(=O)OCc1ccccc1. The number of hydrogen-bond acceptors (Lipinski definition) is 5. The fourth-order valence-electron chi connectivity index (χ4n) is 1.77. The van der Waals surface area contributed by atoms with Crippen molar-refractivity contribution >= 4 is 17.8 Å². The second-order valence-corrected chi connectivity index (χ2v) is 4.88. The summed E-state index contributed by atoms with van der Waals surface area (Å²) < 4.78 is 5.07. The molecular weight excluding hydrogens is 288 g/mol. The number of carboxylic acids is 1. The number of amides is 1. The molecule has 7 heteroatoms. The van der Waals surface area contributed by atoms with Crippen molar-refractivity contribution in [3.05, 3.63) is 35.9 Å². The van der Waals surface area contributed by atoms with Gasteiger partial charge in [0.25, 0.3) is 0 Å². The van der Waals surface area contributed by atoms with E-state index in [4.69, 9.17) is 15.6 Å². The number of benzene rings is 1. The number of nitrogens with zero attached hydrogens (tertiary/aromatic N) is 1. The Kier molecular flexibility index (Phi) is 7.04. The molecule has 22 heavy (non-hydrogen) atoms. The number of nitrogens with two attached hydrogens (primary N) is 1. The van der Waals surface area contributed by atoms with Crippen LogP contribution in [0, 0.1) is 0 Å². The number of carbonyl (C=O) groups excluding carboxylic acids is 2. The molecule has 1 amide bonds. The molecule has 1 aromatic carbocycles. The molecule has 1 aromatic rings. The summed E-state index contributed by atoms with van der Waals surface area (Å²) in [7, 11) is 1.35. The van der Waals surface area contributed by atoms with Gasteiger partial charge in [-0.25, -0.2) is 0 Å². The Bertz CT molecular complexity index is 518. The zero-order valence-corrected chi connectivity index (χ0v) is 12.4. The predicted octanol–water partition coefficient (Wildman–Crippen LogP) is 0.380. The van der Waals surface area contributed by atoms with Crippen molar-refractivity contribution in [3.63, 3.8) is 0 Å². The number of rotatable bonds is 8. The molecule has 0 radical (unpaired) electrons. The molecule has 1 rings (SSSR count). The molecule has 0 bridgehead atoms. The van der Waals surface area contributed by atoms with E-state index in [0.717, 1.165) is 10.5 Å². The standard InChI is InChI=1S/C15H20N2O5/c1-17(9-13(18)19)15(21)12(16)7-8-14(20)22-10-11-5-3-2-4-6-11/h2-6,12H,7-10,16H2,1H3,(H,18,19). The molecule has 7 nitrogen and oxygen atoms in total. The third-order valence-corrected chi connectivity index (χ3v) is 2.97. The van der Waals surface area contributed by atoms with Crippen molar-refractivity contribution in [2.45, 2.75) is 25.5 Å². The highest BCUT2D eigenvalue weighted by molar-refractivity contribution is 5.85. The van der Waals surface area contributed by atoms with Crippen molar-refractivity contribution in [3.8, 4) is 0 Å². The van der Waals surface area contributed by atoms with Crippen LogP contribution in [0.3, 0.4) is 0 Å². The molecule has 0 fully saturated rings. The van der Waals surface area contributed by atoms with Gasteiger partial charge in [0.05, 0.1) is 6.04 Å². The first-order valence-corrected chi connectivity index (χ1v) is 6.82. The molecule has 0 spiro atoms. The lowest BCUT2D eigenvalue weighted by atomic mass is 10.1. The van der Waals surface area contributed by atoms with E-state index >= 15 is 0 Å². The maximum Gasteiger partial charge on any atom is 0.323 e. The number of ether oxygens (including phenoxy) is 1. The maximum atomic E-state index is 11.8. The number of carbonyl (C=O) groups is 3. The highest BCUT2D eigenvalue weighted by atomic mass is 16.5. The molecule has 0 heterocycles. The van der Waals surface area contributed by atoms with E-state index in [0.29, 0.717) is 0 Å². The zero-order valence-electron chi connectivity index (χ0n) is 12.4. The Balaban J connectivity index is 2.30. The largest absolute Gasteiger partial charge is 0.480 e. The minimum Gasteiger partial charge on any atom is -0.480 e. The lowest BCUT2D eigenvalue weighted by molar-refractivity contribution is -0.146. The minimum atomic E-state index is -1.12. The molecule has 0 saturated heterocycles. The normalized spacial score (nSPS) is 11.5. The van der Waals surface area contributed by atoms with Crippen LogP contribution < -0.4 is 5.73 Å². The molecule has 3 N–H and O–H groups in total. The highest BCUT2D eigenvalue weighted by Crippen LogP contribution is 2.05. The first kappa shape index (κ1) is 17.6. The number of likely N-dealkylation sites (N-methyl/N-ethyl adjacent to an activating group) is 1. The topological polar surface area (TPSA) is 110 Å². The van der Waals surface area contributed by atoms with Crippen molar-refractivity contribution in [1.82, 2.24) is 4.90 Å². The molecular formula is C15H20N2O5. The summed E-state index contributed by atoms with van der Waals surface area (Å²) in [5.74, 6) is -2.09.